The second-order valence-electron chi connectivity index (χ2n) is 10.9. The maximum absolute atomic E-state index is 12.5. The average Bonchev–Trinajstić information content (AvgIpc) is 2.93. The number of benzene rings is 3. The fourth-order valence-corrected chi connectivity index (χ4v) is 6.60. The van der Waals surface area contributed by atoms with Crippen molar-refractivity contribution in [1.29, 1.82) is 0 Å². The summed E-state index contributed by atoms with van der Waals surface area (Å²) in [7, 11) is 1.73. The number of piperidine rings is 3. The summed E-state index contributed by atoms with van der Waals surface area (Å²) in [4.78, 5) is 15.1. The Morgan fingerprint density at radius 3 is 2.22 bits per heavy atom. The number of nitrogens with zero attached hydrogens (tertiary/aromatic N) is 1. The molecule has 3 heterocycles. The number of rotatable bonds is 9. The van der Waals surface area contributed by atoms with E-state index in [0.717, 1.165) is 30.8 Å². The van der Waals surface area contributed by atoms with Gasteiger partial charge in [0.05, 0.1) is 13.0 Å². The first-order valence-electron chi connectivity index (χ1n) is 13.5. The minimum absolute atomic E-state index is 0.109. The predicted octanol–water partition coefficient (Wildman–Crippen LogP) is 4.91. The van der Waals surface area contributed by atoms with Crippen LogP contribution in [0, 0.1) is 11.8 Å². The number of hydrogen-bond donors (Lipinski definition) is 2. The molecule has 3 aliphatic rings. The topological polar surface area (TPSA) is 67.6 Å². The van der Waals surface area contributed by atoms with Crippen molar-refractivity contribution in [2.24, 2.45) is 17.6 Å². The third kappa shape index (κ3) is 5.16. The van der Waals surface area contributed by atoms with Crippen LogP contribution in [-0.2, 0) is 11.3 Å². The van der Waals surface area contributed by atoms with E-state index in [9.17, 15) is 4.79 Å². The molecule has 0 saturated carbocycles. The molecule has 5 atom stereocenters. The Kier molecular flexibility index (Phi) is 7.63. The highest BCUT2D eigenvalue weighted by molar-refractivity contribution is 5.77. The molecule has 0 radical (unpaired) electrons. The van der Waals surface area contributed by atoms with Crippen LogP contribution < -0.4 is 15.8 Å². The molecule has 3 N–H and O–H groups in total. The van der Waals surface area contributed by atoms with Crippen molar-refractivity contribution in [3.05, 3.63) is 101 Å². The highest BCUT2D eigenvalue weighted by Gasteiger charge is 2.51. The summed E-state index contributed by atoms with van der Waals surface area (Å²) in [5.74, 6) is 1.38. The van der Waals surface area contributed by atoms with Gasteiger partial charge < -0.3 is 15.8 Å². The summed E-state index contributed by atoms with van der Waals surface area (Å²) >= 11 is 0. The van der Waals surface area contributed by atoms with Crippen LogP contribution in [0.4, 0.5) is 0 Å². The molecule has 3 fully saturated rings. The van der Waals surface area contributed by atoms with Crippen molar-refractivity contribution in [2.75, 3.05) is 20.2 Å². The Bertz CT molecular complexity index is 1160. The van der Waals surface area contributed by atoms with Crippen LogP contribution in [0.25, 0.3) is 0 Å². The third-order valence-corrected chi connectivity index (χ3v) is 8.47. The van der Waals surface area contributed by atoms with E-state index in [1.54, 1.807) is 7.11 Å². The maximum atomic E-state index is 12.5. The van der Waals surface area contributed by atoms with Crippen LogP contribution in [0.3, 0.4) is 0 Å². The van der Waals surface area contributed by atoms with Crippen LogP contribution in [-0.4, -0.2) is 43.1 Å². The number of hydrogen-bond acceptors (Lipinski definition) is 4. The molecule has 1 amide bonds. The zero-order chi connectivity index (χ0) is 25.9. The lowest BCUT2D eigenvalue weighted by atomic mass is 9.66. The molecule has 1 unspecified atom stereocenters. The molecule has 0 spiro atoms. The van der Waals surface area contributed by atoms with Crippen molar-refractivity contribution in [3.8, 4) is 5.75 Å². The summed E-state index contributed by atoms with van der Waals surface area (Å²) < 4.78 is 5.73. The number of nitrogens with one attached hydrogen (secondary N) is 1. The normalized spacial score (nSPS) is 24.9. The van der Waals surface area contributed by atoms with Crippen molar-refractivity contribution in [3.63, 3.8) is 0 Å². The van der Waals surface area contributed by atoms with E-state index in [0.29, 0.717) is 12.5 Å². The Balaban J connectivity index is 1.54. The Labute approximate surface area is 221 Å². The summed E-state index contributed by atoms with van der Waals surface area (Å²) in [5.41, 5.74) is 11.0. The molecule has 3 aliphatic heterocycles. The Hall–Kier alpha value is -3.15. The van der Waals surface area contributed by atoms with Crippen LogP contribution in [0.5, 0.6) is 5.75 Å². The summed E-state index contributed by atoms with van der Waals surface area (Å²) in [6.07, 6.45) is 0.973. The van der Waals surface area contributed by atoms with Crippen molar-refractivity contribution in [2.45, 2.75) is 50.7 Å². The molecule has 0 aliphatic carbocycles. The van der Waals surface area contributed by atoms with Gasteiger partial charge in [-0.25, -0.2) is 0 Å². The Morgan fingerprint density at radius 2 is 1.65 bits per heavy atom. The number of methoxy groups -OCH3 is 1. The molecule has 0 aromatic heterocycles. The fourth-order valence-electron chi connectivity index (χ4n) is 6.60. The van der Waals surface area contributed by atoms with Gasteiger partial charge in [-0.2, -0.15) is 0 Å². The van der Waals surface area contributed by atoms with E-state index in [1.165, 1.54) is 16.7 Å². The molecule has 2 bridgehead atoms. The monoisotopic (exact) mass is 497 g/mol. The second kappa shape index (κ2) is 11.1. The molecular weight excluding hydrogens is 458 g/mol. The zero-order valence-corrected chi connectivity index (χ0v) is 22.1. The molecular formula is C32H39N3O2. The molecule has 37 heavy (non-hydrogen) atoms. The summed E-state index contributed by atoms with van der Waals surface area (Å²) in [6.45, 7) is 6.82. The van der Waals surface area contributed by atoms with Crippen LogP contribution in [0.15, 0.2) is 78.9 Å². The highest BCUT2D eigenvalue weighted by Crippen LogP contribution is 2.44. The number of nitrogens with two attached hydrogens (primary N) is 1. The first-order valence-corrected chi connectivity index (χ1v) is 13.5. The number of carbonyl (C=O) groups excluding carboxylic acids is 1. The van der Waals surface area contributed by atoms with Gasteiger partial charge in [0.1, 0.15) is 5.75 Å². The quantitative estimate of drug-likeness (QED) is 0.441. The maximum Gasteiger partial charge on any atom is 0.222 e. The largest absolute Gasteiger partial charge is 0.496 e. The van der Waals surface area contributed by atoms with Crippen molar-refractivity contribution >= 4 is 5.91 Å². The van der Waals surface area contributed by atoms with E-state index in [1.807, 2.05) is 0 Å². The van der Waals surface area contributed by atoms with E-state index in [-0.39, 0.29) is 35.7 Å². The second-order valence-corrected chi connectivity index (χ2v) is 10.9. The Morgan fingerprint density at radius 1 is 1.00 bits per heavy atom. The first kappa shape index (κ1) is 25.5. The third-order valence-electron chi connectivity index (χ3n) is 8.47. The fraction of sp³-hybridized carbons (Fsp3) is 0.406. The summed E-state index contributed by atoms with van der Waals surface area (Å²) in [6, 6.07) is 28.4. The SMILES string of the molecule is COc1ccc(C(C)C)cc1CN[C@@H]1[C@@H]2CCN(C[C@H]2C(N)=O)[C@H]1C(c1ccccc1)c1ccccc1. The van der Waals surface area contributed by atoms with Crippen molar-refractivity contribution in [1.82, 2.24) is 10.2 Å². The van der Waals surface area contributed by atoms with Gasteiger partial charge in [0.15, 0.2) is 0 Å². The average molecular weight is 498 g/mol. The van der Waals surface area contributed by atoms with Gasteiger partial charge in [0.2, 0.25) is 5.91 Å². The minimum atomic E-state index is -0.185. The van der Waals surface area contributed by atoms with Gasteiger partial charge in [-0.3, -0.25) is 9.69 Å². The van der Waals surface area contributed by atoms with Gasteiger partial charge in [0.25, 0.3) is 0 Å². The number of primary amides is 1. The minimum Gasteiger partial charge on any atom is -0.496 e. The lowest BCUT2D eigenvalue weighted by molar-refractivity contribution is -0.132. The molecule has 5 heteroatoms. The van der Waals surface area contributed by atoms with Gasteiger partial charge in [-0.1, -0.05) is 86.6 Å². The van der Waals surface area contributed by atoms with Gasteiger partial charge in [-0.05, 0) is 47.6 Å². The van der Waals surface area contributed by atoms with Gasteiger partial charge in [0, 0.05) is 36.7 Å². The van der Waals surface area contributed by atoms with Gasteiger partial charge in [-0.15, -0.1) is 0 Å². The smallest absolute Gasteiger partial charge is 0.222 e. The number of ether oxygens (including phenoxy) is 1. The van der Waals surface area contributed by atoms with E-state index in [2.05, 4.69) is 103 Å². The molecule has 194 valence electrons. The first-order chi connectivity index (χ1) is 18.0. The van der Waals surface area contributed by atoms with E-state index in [4.69, 9.17) is 10.5 Å². The lowest BCUT2D eigenvalue weighted by Crippen LogP contribution is -2.68. The molecule has 3 aromatic rings. The number of amides is 1. The zero-order valence-electron chi connectivity index (χ0n) is 22.1. The molecule has 3 saturated heterocycles. The van der Waals surface area contributed by atoms with Crippen LogP contribution >= 0.6 is 0 Å². The van der Waals surface area contributed by atoms with Gasteiger partial charge >= 0.3 is 0 Å². The van der Waals surface area contributed by atoms with Crippen molar-refractivity contribution < 1.29 is 9.53 Å². The number of carbonyl (C=O) groups is 1. The van der Waals surface area contributed by atoms with E-state index >= 15 is 0 Å². The van der Waals surface area contributed by atoms with Crippen LogP contribution in [0.2, 0.25) is 0 Å². The molecule has 3 aromatic carbocycles. The van der Waals surface area contributed by atoms with Crippen LogP contribution in [0.1, 0.15) is 54.4 Å². The number of fused-ring (bicyclic) bond motifs is 3. The van der Waals surface area contributed by atoms with E-state index < -0.39 is 0 Å². The standard InChI is InChI=1S/C32H39N3O2/c1-21(2)24-14-15-28(37-3)25(18-24)19-34-30-26-16-17-35(20-27(26)32(33)36)31(30)29(22-10-6-4-7-11-22)23-12-8-5-9-13-23/h4-15,18,21,26-27,29-31,34H,16-17,19-20H2,1-3H3,(H2,33,36)/t26-,27-,30-,31+/m1/s1. The predicted molar refractivity (Wildman–Crippen MR) is 149 cm³/mol. The summed E-state index contributed by atoms with van der Waals surface area (Å²) in [5, 5.41) is 3.94. The lowest BCUT2D eigenvalue weighted by Gasteiger charge is -2.56. The highest BCUT2D eigenvalue weighted by atomic mass is 16.5. The molecule has 5 nitrogen and oxygen atoms in total. The molecule has 6 rings (SSSR count).